The van der Waals surface area contributed by atoms with Gasteiger partial charge in [-0.15, -0.1) is 0 Å². The Kier molecular flexibility index (Phi) is 2.62. The Balaban J connectivity index is 1.74. The molecule has 0 aliphatic heterocycles. The summed E-state index contributed by atoms with van der Waals surface area (Å²) in [6.07, 6.45) is 10.7. The normalized spacial score (nSPS) is 22.0. The van der Waals surface area contributed by atoms with Crippen molar-refractivity contribution < 1.29 is 9.59 Å². The van der Waals surface area contributed by atoms with Crippen molar-refractivity contribution in [1.82, 2.24) is 0 Å². The van der Waals surface area contributed by atoms with Crippen molar-refractivity contribution in [3.63, 3.8) is 0 Å². The van der Waals surface area contributed by atoms with Crippen LogP contribution in [-0.2, 0) is 9.59 Å². The Hall–Kier alpha value is -1.18. The lowest BCUT2D eigenvalue weighted by Crippen LogP contribution is -1.94. The highest BCUT2D eigenvalue weighted by Gasteiger charge is 2.28. The van der Waals surface area contributed by atoms with Crippen LogP contribution >= 0.6 is 0 Å². The minimum Gasteiger partial charge on any atom is -0.295 e. The van der Waals surface area contributed by atoms with Crippen LogP contribution in [0.4, 0.5) is 0 Å². The highest BCUT2D eigenvalue weighted by Crippen LogP contribution is 2.30. The van der Waals surface area contributed by atoms with Gasteiger partial charge < -0.3 is 0 Å². The molecule has 0 unspecified atom stereocenters. The second-order valence-corrected chi connectivity index (χ2v) is 4.07. The summed E-state index contributed by atoms with van der Waals surface area (Å²) in [4.78, 5) is 22.4. The third-order valence-corrected chi connectivity index (χ3v) is 2.59. The van der Waals surface area contributed by atoms with Crippen molar-refractivity contribution >= 4 is 11.6 Å². The van der Waals surface area contributed by atoms with Gasteiger partial charge in [0.1, 0.15) is 0 Å². The number of carbonyl (C=O) groups excluding carboxylic acids is 2. The van der Waals surface area contributed by atoms with Crippen LogP contribution in [0, 0.1) is 11.8 Å². The van der Waals surface area contributed by atoms with E-state index in [0.717, 1.165) is 25.7 Å². The molecule has 74 valence electrons. The first-order chi connectivity index (χ1) is 6.77. The predicted octanol–water partition coefficient (Wildman–Crippen LogP) is 2.06. The Labute approximate surface area is 83.7 Å². The van der Waals surface area contributed by atoms with Crippen LogP contribution in [0.2, 0.25) is 0 Å². The first-order valence-corrected chi connectivity index (χ1v) is 5.20. The number of allylic oxidation sites excluding steroid dienone is 4. The summed E-state index contributed by atoms with van der Waals surface area (Å²) in [5.41, 5.74) is 0. The van der Waals surface area contributed by atoms with Crippen LogP contribution in [0.5, 0.6) is 0 Å². The lowest BCUT2D eigenvalue weighted by molar-refractivity contribution is -0.116. The maximum absolute atomic E-state index is 11.2. The number of hydrogen-bond donors (Lipinski definition) is 0. The van der Waals surface area contributed by atoms with Gasteiger partial charge in [-0.05, 0) is 37.8 Å². The Bertz CT molecular complexity index is 272. The number of ketones is 2. The average Bonchev–Trinajstić information content (AvgIpc) is 3.06. The van der Waals surface area contributed by atoms with E-state index >= 15 is 0 Å². The highest BCUT2D eigenvalue weighted by molar-refractivity contribution is 5.95. The monoisotopic (exact) mass is 190 g/mol. The molecule has 2 saturated carbocycles. The predicted molar refractivity (Wildman–Crippen MR) is 53.7 cm³/mol. The summed E-state index contributed by atoms with van der Waals surface area (Å²) >= 11 is 0. The zero-order valence-electron chi connectivity index (χ0n) is 8.11. The molecule has 0 atom stereocenters. The summed E-state index contributed by atoms with van der Waals surface area (Å²) in [6.45, 7) is 0. The summed E-state index contributed by atoms with van der Waals surface area (Å²) in [5, 5.41) is 0. The molecule has 0 spiro atoms. The molecule has 0 aromatic carbocycles. The summed E-state index contributed by atoms with van der Waals surface area (Å²) in [7, 11) is 0. The molecule has 2 aliphatic rings. The van der Waals surface area contributed by atoms with Gasteiger partial charge in [0.15, 0.2) is 11.6 Å². The average molecular weight is 190 g/mol. The SMILES string of the molecule is O=C(/C=C/C=C/C(=O)C1CC1)C1CC1. The Morgan fingerprint density at radius 1 is 0.786 bits per heavy atom. The van der Waals surface area contributed by atoms with E-state index in [1.165, 1.54) is 0 Å². The van der Waals surface area contributed by atoms with E-state index in [0.29, 0.717) is 0 Å². The molecule has 2 fully saturated rings. The Morgan fingerprint density at radius 2 is 1.14 bits per heavy atom. The van der Waals surface area contributed by atoms with Crippen LogP contribution in [0.1, 0.15) is 25.7 Å². The first kappa shape index (κ1) is 9.38. The zero-order valence-corrected chi connectivity index (χ0v) is 8.11. The molecule has 0 heterocycles. The summed E-state index contributed by atoms with van der Waals surface area (Å²) in [6, 6.07) is 0. The van der Waals surface area contributed by atoms with Crippen molar-refractivity contribution in [3.8, 4) is 0 Å². The molecule has 2 rings (SSSR count). The van der Waals surface area contributed by atoms with Gasteiger partial charge in [-0.3, -0.25) is 9.59 Å². The zero-order chi connectivity index (χ0) is 9.97. The van der Waals surface area contributed by atoms with Gasteiger partial charge in [-0.2, -0.15) is 0 Å². The van der Waals surface area contributed by atoms with E-state index in [1.54, 1.807) is 24.3 Å². The second kappa shape index (κ2) is 3.91. The number of rotatable bonds is 5. The van der Waals surface area contributed by atoms with Crippen LogP contribution in [0.15, 0.2) is 24.3 Å². The molecule has 0 saturated heterocycles. The lowest BCUT2D eigenvalue weighted by Gasteiger charge is -1.85. The highest BCUT2D eigenvalue weighted by atomic mass is 16.1. The van der Waals surface area contributed by atoms with E-state index in [4.69, 9.17) is 0 Å². The molecule has 0 amide bonds. The fourth-order valence-electron chi connectivity index (χ4n) is 1.31. The molecule has 0 N–H and O–H groups in total. The molecule has 2 nitrogen and oxygen atoms in total. The van der Waals surface area contributed by atoms with Crippen LogP contribution in [-0.4, -0.2) is 11.6 Å². The summed E-state index contributed by atoms with van der Waals surface area (Å²) in [5.74, 6) is 0.958. The summed E-state index contributed by atoms with van der Waals surface area (Å²) < 4.78 is 0. The maximum atomic E-state index is 11.2. The molecule has 0 aromatic rings. The van der Waals surface area contributed by atoms with Gasteiger partial charge in [-0.25, -0.2) is 0 Å². The van der Waals surface area contributed by atoms with Crippen LogP contribution in [0.3, 0.4) is 0 Å². The van der Waals surface area contributed by atoms with E-state index in [2.05, 4.69) is 0 Å². The van der Waals surface area contributed by atoms with Gasteiger partial charge in [-0.1, -0.05) is 12.2 Å². The fourth-order valence-corrected chi connectivity index (χ4v) is 1.31. The minimum absolute atomic E-state index is 0.202. The van der Waals surface area contributed by atoms with Crippen molar-refractivity contribution in [2.75, 3.05) is 0 Å². The first-order valence-electron chi connectivity index (χ1n) is 5.20. The Morgan fingerprint density at radius 3 is 1.43 bits per heavy atom. The molecule has 2 heteroatoms. The van der Waals surface area contributed by atoms with Gasteiger partial charge >= 0.3 is 0 Å². The van der Waals surface area contributed by atoms with E-state index < -0.39 is 0 Å². The smallest absolute Gasteiger partial charge is 0.158 e. The van der Waals surface area contributed by atoms with E-state index in [-0.39, 0.29) is 23.4 Å². The molecular formula is C12H14O2. The van der Waals surface area contributed by atoms with Crippen LogP contribution < -0.4 is 0 Å². The van der Waals surface area contributed by atoms with Gasteiger partial charge in [0, 0.05) is 11.8 Å². The van der Waals surface area contributed by atoms with Crippen molar-refractivity contribution in [1.29, 1.82) is 0 Å². The third-order valence-electron chi connectivity index (χ3n) is 2.59. The van der Waals surface area contributed by atoms with Gasteiger partial charge in [0.05, 0.1) is 0 Å². The molecule has 0 radical (unpaired) electrons. The second-order valence-electron chi connectivity index (χ2n) is 4.07. The van der Waals surface area contributed by atoms with Crippen LogP contribution in [0.25, 0.3) is 0 Å². The maximum Gasteiger partial charge on any atom is 0.158 e. The minimum atomic E-state index is 0.202. The van der Waals surface area contributed by atoms with E-state index in [1.807, 2.05) is 0 Å². The molecule has 0 bridgehead atoms. The van der Waals surface area contributed by atoms with Crippen molar-refractivity contribution in [2.24, 2.45) is 11.8 Å². The lowest BCUT2D eigenvalue weighted by atomic mass is 10.2. The topological polar surface area (TPSA) is 34.1 Å². The fraction of sp³-hybridized carbons (Fsp3) is 0.500. The quantitative estimate of drug-likeness (QED) is 0.491. The molecule has 0 aromatic heterocycles. The molecular weight excluding hydrogens is 176 g/mol. The van der Waals surface area contributed by atoms with Gasteiger partial charge in [0.2, 0.25) is 0 Å². The third kappa shape index (κ3) is 2.66. The molecule has 2 aliphatic carbocycles. The number of hydrogen-bond acceptors (Lipinski definition) is 2. The van der Waals surface area contributed by atoms with E-state index in [9.17, 15) is 9.59 Å². The van der Waals surface area contributed by atoms with Crippen molar-refractivity contribution in [3.05, 3.63) is 24.3 Å². The standard InChI is InChI=1S/C12H14O2/c13-11(9-5-6-9)3-1-2-4-12(14)10-7-8-10/h1-4,9-10H,5-8H2/b3-1+,4-2+. The van der Waals surface area contributed by atoms with Crippen molar-refractivity contribution in [2.45, 2.75) is 25.7 Å². The largest absolute Gasteiger partial charge is 0.295 e. The number of carbonyl (C=O) groups is 2. The molecule has 14 heavy (non-hydrogen) atoms. The van der Waals surface area contributed by atoms with Gasteiger partial charge in [0.25, 0.3) is 0 Å².